The first kappa shape index (κ1) is 26.4. The Labute approximate surface area is 234 Å². The molecule has 0 saturated carbocycles. The molecular formula is C28H27ClF3N7O. The SMILES string of the molecule is CN1CCN(c2cc(F)c(C(=O)Nc3cnn4ccc(N5CCC[C@@H]5c5cc(F)ccc5F)nc34)cc2Cl)CC1. The number of benzene rings is 2. The Balaban J connectivity index is 1.25. The molecule has 2 aliphatic rings. The molecule has 1 atom stereocenters. The molecule has 6 rings (SSSR count). The van der Waals surface area contributed by atoms with E-state index >= 15 is 4.39 Å². The Hall–Kier alpha value is -3.83. The Morgan fingerprint density at radius 1 is 1.02 bits per heavy atom. The van der Waals surface area contributed by atoms with Gasteiger partial charge in [-0.2, -0.15) is 5.10 Å². The zero-order chi connectivity index (χ0) is 28.0. The highest BCUT2D eigenvalue weighted by Gasteiger charge is 2.30. The van der Waals surface area contributed by atoms with Crippen LogP contribution in [0.1, 0.15) is 34.8 Å². The molecule has 2 aliphatic heterocycles. The van der Waals surface area contributed by atoms with Gasteiger partial charge in [0.1, 0.15) is 29.0 Å². The van der Waals surface area contributed by atoms with Crippen molar-refractivity contribution in [3.8, 4) is 0 Å². The van der Waals surface area contributed by atoms with E-state index in [2.05, 4.69) is 20.3 Å². The monoisotopic (exact) mass is 569 g/mol. The first-order chi connectivity index (χ1) is 19.3. The van der Waals surface area contributed by atoms with E-state index in [4.69, 9.17) is 11.6 Å². The van der Waals surface area contributed by atoms with Gasteiger partial charge in [0.25, 0.3) is 5.91 Å². The fraction of sp³-hybridized carbons (Fsp3) is 0.321. The maximum absolute atomic E-state index is 15.1. The summed E-state index contributed by atoms with van der Waals surface area (Å²) in [6.07, 6.45) is 4.52. The number of hydrogen-bond donors (Lipinski definition) is 1. The minimum absolute atomic E-state index is 0.195. The number of halogens is 4. The van der Waals surface area contributed by atoms with Gasteiger partial charge in [-0.1, -0.05) is 11.6 Å². The van der Waals surface area contributed by atoms with Gasteiger partial charge in [-0.15, -0.1) is 0 Å². The van der Waals surface area contributed by atoms with Gasteiger partial charge in [-0.05, 0) is 56.3 Å². The number of anilines is 3. The first-order valence-corrected chi connectivity index (χ1v) is 13.5. The van der Waals surface area contributed by atoms with E-state index in [9.17, 15) is 13.6 Å². The van der Waals surface area contributed by atoms with Crippen molar-refractivity contribution in [1.29, 1.82) is 0 Å². The molecule has 0 unspecified atom stereocenters. The van der Waals surface area contributed by atoms with Crippen molar-refractivity contribution in [1.82, 2.24) is 19.5 Å². The fourth-order valence-electron chi connectivity index (χ4n) is 5.43. The van der Waals surface area contributed by atoms with Gasteiger partial charge in [-0.25, -0.2) is 22.7 Å². The van der Waals surface area contributed by atoms with Crippen LogP contribution < -0.4 is 15.1 Å². The molecule has 0 bridgehead atoms. The third kappa shape index (κ3) is 4.95. The van der Waals surface area contributed by atoms with E-state index in [-0.39, 0.29) is 22.9 Å². The second-order valence-electron chi connectivity index (χ2n) is 10.2. The average Bonchev–Trinajstić information content (AvgIpc) is 3.59. The zero-order valence-corrected chi connectivity index (χ0v) is 22.5. The molecule has 0 spiro atoms. The van der Waals surface area contributed by atoms with E-state index in [0.717, 1.165) is 31.6 Å². The standard InChI is InChI=1S/C28H27ClF3N7O/c1-36-9-11-37(12-10-36)25-15-22(32)19(14-20(25)29)28(40)34-23-16-33-39-8-6-26(35-27(23)39)38-7-2-3-24(38)18-13-17(30)4-5-21(18)31/h4-6,8,13-16,24H,2-3,7,9-12H2,1H3,(H,34,40)/t24-/m1/s1. The summed E-state index contributed by atoms with van der Waals surface area (Å²) in [5.41, 5.74) is 1.24. The highest BCUT2D eigenvalue weighted by Crippen LogP contribution is 2.37. The van der Waals surface area contributed by atoms with Gasteiger partial charge in [0, 0.05) is 44.5 Å². The molecule has 40 heavy (non-hydrogen) atoms. The summed E-state index contributed by atoms with van der Waals surface area (Å²) >= 11 is 6.48. The summed E-state index contributed by atoms with van der Waals surface area (Å²) < 4.78 is 45.1. The van der Waals surface area contributed by atoms with E-state index in [0.29, 0.717) is 48.2 Å². The second-order valence-corrected chi connectivity index (χ2v) is 10.6. The summed E-state index contributed by atoms with van der Waals surface area (Å²) in [5, 5.41) is 7.23. The van der Waals surface area contributed by atoms with Crippen molar-refractivity contribution in [2.24, 2.45) is 0 Å². The maximum Gasteiger partial charge on any atom is 0.258 e. The number of piperazine rings is 1. The number of carbonyl (C=O) groups is 1. The van der Waals surface area contributed by atoms with Gasteiger partial charge in [0.2, 0.25) is 0 Å². The van der Waals surface area contributed by atoms with Crippen molar-refractivity contribution >= 4 is 40.3 Å². The third-order valence-electron chi connectivity index (χ3n) is 7.59. The Bertz CT molecular complexity index is 1590. The molecule has 8 nitrogen and oxygen atoms in total. The molecule has 2 saturated heterocycles. The van der Waals surface area contributed by atoms with Crippen LogP contribution in [0, 0.1) is 17.5 Å². The summed E-state index contributed by atoms with van der Waals surface area (Å²) in [6, 6.07) is 7.43. The normalized spacial score (nSPS) is 18.1. The summed E-state index contributed by atoms with van der Waals surface area (Å²) in [4.78, 5) is 23.9. The van der Waals surface area contributed by atoms with E-state index < -0.39 is 23.4 Å². The number of fused-ring (bicyclic) bond motifs is 1. The van der Waals surface area contributed by atoms with E-state index in [1.165, 1.54) is 28.9 Å². The molecular weight excluding hydrogens is 543 g/mol. The number of hydrogen-bond acceptors (Lipinski definition) is 6. The Kier molecular flexibility index (Phi) is 7.01. The molecule has 208 valence electrons. The predicted octanol–water partition coefficient (Wildman–Crippen LogP) is 5.15. The average molecular weight is 570 g/mol. The minimum Gasteiger partial charge on any atom is -0.368 e. The molecule has 4 heterocycles. The third-order valence-corrected chi connectivity index (χ3v) is 7.89. The second kappa shape index (κ2) is 10.6. The maximum atomic E-state index is 15.1. The number of amides is 1. The van der Waals surface area contributed by atoms with Crippen molar-refractivity contribution in [3.05, 3.63) is 82.4 Å². The van der Waals surface area contributed by atoms with Crippen molar-refractivity contribution in [2.75, 3.05) is 54.9 Å². The highest BCUT2D eigenvalue weighted by atomic mass is 35.5. The number of carbonyl (C=O) groups excluding carboxylic acids is 1. The molecule has 2 aromatic heterocycles. The Morgan fingerprint density at radius 2 is 1.82 bits per heavy atom. The molecule has 0 aliphatic carbocycles. The van der Waals surface area contributed by atoms with Gasteiger partial charge in [0.05, 0.1) is 28.5 Å². The number of nitrogens with zero attached hydrogens (tertiary/aromatic N) is 6. The van der Waals surface area contributed by atoms with Crippen LogP contribution in [0.25, 0.3) is 5.65 Å². The quantitative estimate of drug-likeness (QED) is 0.359. The largest absolute Gasteiger partial charge is 0.368 e. The lowest BCUT2D eigenvalue weighted by Crippen LogP contribution is -2.44. The topological polar surface area (TPSA) is 69.0 Å². The van der Waals surface area contributed by atoms with E-state index in [1.54, 1.807) is 12.3 Å². The summed E-state index contributed by atoms with van der Waals surface area (Å²) in [7, 11) is 2.03. The molecule has 12 heteroatoms. The molecule has 2 fully saturated rings. The van der Waals surface area contributed by atoms with Gasteiger partial charge in [-0.3, -0.25) is 4.79 Å². The van der Waals surface area contributed by atoms with Crippen molar-refractivity contribution in [3.63, 3.8) is 0 Å². The lowest BCUT2D eigenvalue weighted by molar-refractivity contribution is 0.102. The lowest BCUT2D eigenvalue weighted by Gasteiger charge is -2.34. The Morgan fingerprint density at radius 3 is 2.62 bits per heavy atom. The molecule has 1 N–H and O–H groups in total. The first-order valence-electron chi connectivity index (χ1n) is 13.1. The zero-order valence-electron chi connectivity index (χ0n) is 21.7. The van der Waals surface area contributed by atoms with Crippen LogP contribution in [-0.4, -0.2) is 65.2 Å². The highest BCUT2D eigenvalue weighted by molar-refractivity contribution is 6.33. The lowest BCUT2D eigenvalue weighted by atomic mass is 10.0. The van der Waals surface area contributed by atoms with Crippen LogP contribution in [0.3, 0.4) is 0 Å². The number of aromatic nitrogens is 3. The molecule has 0 radical (unpaired) electrons. The van der Waals surface area contributed by atoms with Crippen molar-refractivity contribution in [2.45, 2.75) is 18.9 Å². The van der Waals surface area contributed by atoms with Crippen LogP contribution in [0.2, 0.25) is 5.02 Å². The molecule has 4 aromatic rings. The number of likely N-dealkylation sites (N-methyl/N-ethyl adjacent to an activating group) is 1. The fourth-order valence-corrected chi connectivity index (χ4v) is 5.71. The van der Waals surface area contributed by atoms with Gasteiger partial charge >= 0.3 is 0 Å². The van der Waals surface area contributed by atoms with Crippen molar-refractivity contribution < 1.29 is 18.0 Å². The van der Waals surface area contributed by atoms with Crippen LogP contribution >= 0.6 is 11.6 Å². The summed E-state index contributed by atoms with van der Waals surface area (Å²) in [5.74, 6) is -1.82. The minimum atomic E-state index is -0.688. The van der Waals surface area contributed by atoms with E-state index in [1.807, 2.05) is 16.8 Å². The van der Waals surface area contributed by atoms with Gasteiger partial charge < -0.3 is 20.0 Å². The van der Waals surface area contributed by atoms with Crippen LogP contribution in [0.5, 0.6) is 0 Å². The number of nitrogens with one attached hydrogen (secondary N) is 1. The molecule has 1 amide bonds. The molecule has 2 aromatic carbocycles. The van der Waals surface area contributed by atoms with Crippen LogP contribution in [0.15, 0.2) is 48.8 Å². The van der Waals surface area contributed by atoms with Gasteiger partial charge in [0.15, 0.2) is 5.65 Å². The smallest absolute Gasteiger partial charge is 0.258 e. The predicted molar refractivity (Wildman–Crippen MR) is 148 cm³/mol. The van der Waals surface area contributed by atoms with Crippen LogP contribution in [0.4, 0.5) is 30.4 Å². The summed E-state index contributed by atoms with van der Waals surface area (Å²) in [6.45, 7) is 3.68. The van der Waals surface area contributed by atoms with Crippen LogP contribution in [-0.2, 0) is 0 Å². The number of rotatable bonds is 5.